The molecule has 0 aliphatic carbocycles. The number of halogens is 1. The minimum absolute atomic E-state index is 0.00202. The van der Waals surface area contributed by atoms with Crippen LogP contribution in [0, 0.1) is 0 Å². The van der Waals surface area contributed by atoms with Crippen molar-refractivity contribution < 1.29 is 4.74 Å². The predicted octanol–water partition coefficient (Wildman–Crippen LogP) is 3.74. The third-order valence-electron chi connectivity index (χ3n) is 3.30. The second kappa shape index (κ2) is 5.13. The summed E-state index contributed by atoms with van der Waals surface area (Å²) in [5, 5.41) is 4.24. The van der Waals surface area contributed by atoms with Crippen molar-refractivity contribution in [2.24, 2.45) is 7.05 Å². The molecule has 1 aromatic heterocycles. The van der Waals surface area contributed by atoms with Crippen LogP contribution in [0.3, 0.4) is 0 Å². The van der Waals surface area contributed by atoms with Gasteiger partial charge in [-0.05, 0) is 39.5 Å². The van der Waals surface area contributed by atoms with Crippen LogP contribution < -0.4 is 10.5 Å². The Labute approximate surface area is 128 Å². The molecule has 5 heteroatoms. The van der Waals surface area contributed by atoms with Crippen LogP contribution in [0.5, 0.6) is 5.75 Å². The zero-order chi connectivity index (χ0) is 15.1. The van der Waals surface area contributed by atoms with E-state index in [-0.39, 0.29) is 5.41 Å². The minimum atomic E-state index is -0.00202. The fourth-order valence-corrected chi connectivity index (χ4v) is 2.84. The summed E-state index contributed by atoms with van der Waals surface area (Å²) in [6, 6.07) is 6.15. The summed E-state index contributed by atoms with van der Waals surface area (Å²) in [5.41, 5.74) is 9.04. The highest BCUT2D eigenvalue weighted by Gasteiger charge is 2.21. The van der Waals surface area contributed by atoms with Gasteiger partial charge in [0.15, 0.2) is 5.82 Å². The van der Waals surface area contributed by atoms with Crippen molar-refractivity contribution >= 4 is 21.7 Å². The summed E-state index contributed by atoms with van der Waals surface area (Å²) in [5.74, 6) is 1.39. The molecule has 2 N–H and O–H groups in total. The van der Waals surface area contributed by atoms with Gasteiger partial charge in [0.25, 0.3) is 0 Å². The number of methoxy groups -OCH3 is 1. The summed E-state index contributed by atoms with van der Waals surface area (Å²) in [7, 11) is 3.58. The Balaban J connectivity index is 2.65. The van der Waals surface area contributed by atoms with Crippen LogP contribution in [0.1, 0.15) is 26.3 Å². The summed E-state index contributed by atoms with van der Waals surface area (Å²) in [6.45, 7) is 6.50. The number of rotatable bonds is 2. The van der Waals surface area contributed by atoms with E-state index in [4.69, 9.17) is 10.5 Å². The standard InChI is InChI=1S/C15H20BrN3O/c1-15(2,3)10-8-9(6-7-11(10)20-5)13-12(16)14(17)18-19(13)4/h6-8H,1-5H3,(H2,17,18). The monoisotopic (exact) mass is 337 g/mol. The number of nitrogens with zero attached hydrogens (tertiary/aromatic N) is 2. The maximum atomic E-state index is 5.86. The van der Waals surface area contributed by atoms with E-state index < -0.39 is 0 Å². The molecule has 20 heavy (non-hydrogen) atoms. The van der Waals surface area contributed by atoms with Crippen LogP contribution in [0.25, 0.3) is 11.3 Å². The molecule has 0 saturated heterocycles. The van der Waals surface area contributed by atoms with Gasteiger partial charge in [-0.1, -0.05) is 20.8 Å². The first-order valence-electron chi connectivity index (χ1n) is 6.42. The van der Waals surface area contributed by atoms with E-state index in [9.17, 15) is 0 Å². The maximum absolute atomic E-state index is 5.86. The molecule has 4 nitrogen and oxygen atoms in total. The molecule has 2 rings (SSSR count). The molecule has 0 aliphatic rings. The molecular formula is C15H20BrN3O. The van der Waals surface area contributed by atoms with E-state index in [1.54, 1.807) is 11.8 Å². The first kappa shape index (κ1) is 14.9. The van der Waals surface area contributed by atoms with E-state index in [1.807, 2.05) is 19.2 Å². The molecule has 1 aromatic carbocycles. The van der Waals surface area contributed by atoms with Gasteiger partial charge in [-0.25, -0.2) is 0 Å². The lowest BCUT2D eigenvalue weighted by Gasteiger charge is -2.23. The average Bonchev–Trinajstić information content (AvgIpc) is 2.61. The Morgan fingerprint density at radius 1 is 1.30 bits per heavy atom. The van der Waals surface area contributed by atoms with Gasteiger partial charge >= 0.3 is 0 Å². The molecule has 0 spiro atoms. The SMILES string of the molecule is COc1ccc(-c2c(Br)c(N)nn2C)cc1C(C)(C)C. The lowest BCUT2D eigenvalue weighted by atomic mass is 9.85. The van der Waals surface area contributed by atoms with Crippen LogP contribution in [0.15, 0.2) is 22.7 Å². The van der Waals surface area contributed by atoms with Gasteiger partial charge in [0.05, 0.1) is 17.3 Å². The van der Waals surface area contributed by atoms with Crippen molar-refractivity contribution in [1.29, 1.82) is 0 Å². The largest absolute Gasteiger partial charge is 0.496 e. The molecule has 0 aliphatic heterocycles. The van der Waals surface area contributed by atoms with Gasteiger partial charge in [0.2, 0.25) is 0 Å². The molecule has 0 fully saturated rings. The first-order valence-corrected chi connectivity index (χ1v) is 7.22. The number of ether oxygens (including phenoxy) is 1. The number of nitrogens with two attached hydrogens (primary N) is 1. The number of nitrogen functional groups attached to an aromatic ring is 1. The quantitative estimate of drug-likeness (QED) is 0.908. The Kier molecular flexibility index (Phi) is 3.82. The Morgan fingerprint density at radius 3 is 2.40 bits per heavy atom. The number of benzene rings is 1. The summed E-state index contributed by atoms with van der Waals surface area (Å²) < 4.78 is 8.08. The Morgan fingerprint density at radius 2 is 1.95 bits per heavy atom. The second-order valence-electron chi connectivity index (χ2n) is 5.84. The Bertz CT molecular complexity index is 641. The van der Waals surface area contributed by atoms with Crippen LogP contribution in [0.4, 0.5) is 5.82 Å². The molecule has 108 valence electrons. The van der Waals surface area contributed by atoms with E-state index >= 15 is 0 Å². The van der Waals surface area contributed by atoms with Crippen molar-refractivity contribution in [3.63, 3.8) is 0 Å². The molecular weight excluding hydrogens is 318 g/mol. The van der Waals surface area contributed by atoms with Crippen molar-refractivity contribution in [3.05, 3.63) is 28.2 Å². The highest BCUT2D eigenvalue weighted by molar-refractivity contribution is 9.10. The van der Waals surface area contributed by atoms with E-state index in [2.05, 4.69) is 47.9 Å². The number of aryl methyl sites for hydroxylation is 1. The molecule has 1 heterocycles. The normalized spacial score (nSPS) is 11.7. The van der Waals surface area contributed by atoms with Gasteiger partial charge in [0.1, 0.15) is 5.75 Å². The van der Waals surface area contributed by atoms with Crippen molar-refractivity contribution in [2.45, 2.75) is 26.2 Å². The highest BCUT2D eigenvalue weighted by Crippen LogP contribution is 2.38. The summed E-state index contributed by atoms with van der Waals surface area (Å²) >= 11 is 3.51. The Hall–Kier alpha value is -1.49. The fraction of sp³-hybridized carbons (Fsp3) is 0.400. The number of hydrogen-bond acceptors (Lipinski definition) is 3. The third kappa shape index (κ3) is 2.54. The van der Waals surface area contributed by atoms with Gasteiger partial charge in [-0.3, -0.25) is 4.68 Å². The van der Waals surface area contributed by atoms with E-state index in [1.165, 1.54) is 0 Å². The minimum Gasteiger partial charge on any atom is -0.496 e. The lowest BCUT2D eigenvalue weighted by molar-refractivity contribution is 0.397. The third-order valence-corrected chi connectivity index (χ3v) is 4.08. The zero-order valence-electron chi connectivity index (χ0n) is 12.5. The van der Waals surface area contributed by atoms with Crippen LogP contribution in [0.2, 0.25) is 0 Å². The molecule has 0 radical (unpaired) electrons. The fourth-order valence-electron chi connectivity index (χ4n) is 2.27. The number of anilines is 1. The number of hydrogen-bond donors (Lipinski definition) is 1. The molecule has 0 bridgehead atoms. The topological polar surface area (TPSA) is 53.1 Å². The predicted molar refractivity (Wildman–Crippen MR) is 86.0 cm³/mol. The van der Waals surface area contributed by atoms with Crippen molar-refractivity contribution in [3.8, 4) is 17.0 Å². The highest BCUT2D eigenvalue weighted by atomic mass is 79.9. The summed E-state index contributed by atoms with van der Waals surface area (Å²) in [4.78, 5) is 0. The van der Waals surface area contributed by atoms with E-state index in [0.717, 1.165) is 27.0 Å². The van der Waals surface area contributed by atoms with Crippen LogP contribution in [-0.4, -0.2) is 16.9 Å². The van der Waals surface area contributed by atoms with Crippen LogP contribution in [-0.2, 0) is 12.5 Å². The van der Waals surface area contributed by atoms with Crippen molar-refractivity contribution in [1.82, 2.24) is 9.78 Å². The summed E-state index contributed by atoms with van der Waals surface area (Å²) in [6.07, 6.45) is 0. The van der Waals surface area contributed by atoms with E-state index in [0.29, 0.717) is 5.82 Å². The first-order chi connectivity index (χ1) is 9.25. The molecule has 2 aromatic rings. The molecule has 0 amide bonds. The van der Waals surface area contributed by atoms with Gasteiger partial charge in [-0.15, -0.1) is 0 Å². The van der Waals surface area contributed by atoms with Gasteiger partial charge < -0.3 is 10.5 Å². The smallest absolute Gasteiger partial charge is 0.160 e. The lowest BCUT2D eigenvalue weighted by Crippen LogP contribution is -2.13. The van der Waals surface area contributed by atoms with Crippen LogP contribution >= 0.6 is 15.9 Å². The molecule has 0 saturated carbocycles. The van der Waals surface area contributed by atoms with Gasteiger partial charge in [0, 0.05) is 18.2 Å². The average molecular weight is 338 g/mol. The molecule has 0 atom stereocenters. The maximum Gasteiger partial charge on any atom is 0.160 e. The number of aromatic nitrogens is 2. The van der Waals surface area contributed by atoms with Crippen molar-refractivity contribution in [2.75, 3.05) is 12.8 Å². The van der Waals surface area contributed by atoms with Gasteiger partial charge in [-0.2, -0.15) is 5.10 Å². The second-order valence-corrected chi connectivity index (χ2v) is 6.63. The zero-order valence-corrected chi connectivity index (χ0v) is 14.1. The molecule has 0 unspecified atom stereocenters.